The number of hydrogen-bond acceptors (Lipinski definition) is 5. The molecule has 0 aromatic carbocycles. The molecule has 7 heteroatoms. The van der Waals surface area contributed by atoms with E-state index >= 15 is 0 Å². The van der Waals surface area contributed by atoms with Crippen LogP contribution in [0.2, 0.25) is 0 Å². The number of ketones is 1. The number of aryl methyl sites for hydroxylation is 1. The quantitative estimate of drug-likeness (QED) is 0.599. The molecule has 0 fully saturated rings. The van der Waals surface area contributed by atoms with Gasteiger partial charge in [-0.05, 0) is 33.0 Å². The number of nitrogens with one attached hydrogen (secondary N) is 2. The Morgan fingerprint density at radius 2 is 2.19 bits per heavy atom. The van der Waals surface area contributed by atoms with Gasteiger partial charge in [-0.2, -0.15) is 9.77 Å². The molecule has 1 aromatic heterocycles. The summed E-state index contributed by atoms with van der Waals surface area (Å²) in [7, 11) is 0. The Kier molecular flexibility index (Phi) is 3.73. The maximum absolute atomic E-state index is 11.6. The Balaban J connectivity index is 3.17. The Bertz CT molecular complexity index is 555. The summed E-state index contributed by atoms with van der Waals surface area (Å²) in [6.07, 6.45) is 1.37. The number of H-pyrrole nitrogens is 1. The van der Waals surface area contributed by atoms with Crippen molar-refractivity contribution in [3.05, 3.63) is 32.6 Å². The number of hydrogen-bond donors (Lipinski definition) is 2. The third-order valence-corrected chi connectivity index (χ3v) is 2.02. The zero-order valence-electron chi connectivity index (χ0n) is 9.20. The Morgan fingerprint density at radius 3 is 2.75 bits per heavy atom. The lowest BCUT2D eigenvalue weighted by Gasteiger charge is -2.09. The molecule has 0 saturated carbocycles. The first-order chi connectivity index (χ1) is 7.41. The normalized spacial score (nSPS) is 11.3. The maximum atomic E-state index is 11.6. The first-order valence-electron chi connectivity index (χ1n) is 4.56. The fourth-order valence-corrected chi connectivity index (χ4v) is 1.27. The second-order valence-corrected chi connectivity index (χ2v) is 3.69. The van der Waals surface area contributed by atoms with Crippen molar-refractivity contribution < 1.29 is 4.79 Å². The summed E-state index contributed by atoms with van der Waals surface area (Å²) >= 11 is 4.90. The van der Waals surface area contributed by atoms with Gasteiger partial charge in [-0.1, -0.05) is 0 Å². The highest BCUT2D eigenvalue weighted by molar-refractivity contribution is 7.71. The van der Waals surface area contributed by atoms with E-state index in [1.807, 2.05) is 0 Å². The van der Waals surface area contributed by atoms with E-state index in [1.165, 1.54) is 13.0 Å². The summed E-state index contributed by atoms with van der Waals surface area (Å²) in [5, 5.41) is 6.24. The summed E-state index contributed by atoms with van der Waals surface area (Å²) < 4.78 is 1.28. The molecule has 0 atom stereocenters. The third-order valence-electron chi connectivity index (χ3n) is 1.74. The van der Waals surface area contributed by atoms with Crippen molar-refractivity contribution in [1.29, 1.82) is 0 Å². The van der Waals surface area contributed by atoms with Gasteiger partial charge in [-0.3, -0.25) is 20.1 Å². The van der Waals surface area contributed by atoms with Gasteiger partial charge < -0.3 is 0 Å². The highest BCUT2D eigenvalue weighted by Gasteiger charge is 2.02. The standard InChI is InChI=1S/C9H12N4O2S/c1-5(4-6(2)14)12-13-8(15)7(3)10-11-9(13)16/h4,12H,1-3H3,(H,11,16)/b5-4+. The summed E-state index contributed by atoms with van der Waals surface area (Å²) in [4.78, 5) is 22.5. The number of nitrogens with zero attached hydrogens (tertiary/aromatic N) is 2. The molecule has 2 N–H and O–H groups in total. The van der Waals surface area contributed by atoms with Crippen LogP contribution in [0.15, 0.2) is 16.6 Å². The molecular formula is C9H12N4O2S. The fraction of sp³-hybridized carbons (Fsp3) is 0.333. The lowest BCUT2D eigenvalue weighted by Crippen LogP contribution is -2.32. The molecule has 1 heterocycles. The van der Waals surface area contributed by atoms with Crippen LogP contribution in [0.25, 0.3) is 0 Å². The summed E-state index contributed by atoms with van der Waals surface area (Å²) in [6.45, 7) is 4.65. The number of allylic oxidation sites excluding steroid dienone is 2. The number of rotatable bonds is 3. The lowest BCUT2D eigenvalue weighted by molar-refractivity contribution is -0.112. The first kappa shape index (κ1) is 12.3. The van der Waals surface area contributed by atoms with Crippen LogP contribution >= 0.6 is 12.2 Å². The fourth-order valence-electron chi connectivity index (χ4n) is 1.10. The molecule has 0 aliphatic carbocycles. The predicted octanol–water partition coefficient (Wildman–Crippen LogP) is 0.646. The Hall–Kier alpha value is -1.76. The Morgan fingerprint density at radius 1 is 1.56 bits per heavy atom. The molecule has 1 rings (SSSR count). The largest absolute Gasteiger partial charge is 0.295 e. The van der Waals surface area contributed by atoms with Crippen molar-refractivity contribution in [2.75, 3.05) is 5.43 Å². The highest BCUT2D eigenvalue weighted by atomic mass is 32.1. The molecule has 0 aliphatic rings. The smallest absolute Gasteiger partial charge is 0.294 e. The summed E-state index contributed by atoms with van der Waals surface area (Å²) in [5.74, 6) is -0.112. The van der Waals surface area contributed by atoms with Gasteiger partial charge in [0.15, 0.2) is 5.78 Å². The second-order valence-electron chi connectivity index (χ2n) is 3.30. The average Bonchev–Trinajstić information content (AvgIpc) is 2.17. The van der Waals surface area contributed by atoms with E-state index in [0.29, 0.717) is 5.70 Å². The number of aromatic amines is 1. The molecule has 0 amide bonds. The van der Waals surface area contributed by atoms with E-state index in [-0.39, 0.29) is 21.8 Å². The van der Waals surface area contributed by atoms with E-state index in [2.05, 4.69) is 15.6 Å². The van der Waals surface area contributed by atoms with E-state index < -0.39 is 0 Å². The number of carbonyl (C=O) groups excluding carboxylic acids is 1. The molecule has 16 heavy (non-hydrogen) atoms. The van der Waals surface area contributed by atoms with Crippen molar-refractivity contribution in [2.45, 2.75) is 20.8 Å². The lowest BCUT2D eigenvalue weighted by atomic mass is 10.3. The Labute approximate surface area is 97.0 Å². The molecule has 6 nitrogen and oxygen atoms in total. The van der Waals surface area contributed by atoms with Crippen LogP contribution in [0, 0.1) is 11.7 Å². The maximum Gasteiger partial charge on any atom is 0.294 e. The van der Waals surface area contributed by atoms with Gasteiger partial charge >= 0.3 is 0 Å². The molecule has 86 valence electrons. The van der Waals surface area contributed by atoms with Crippen LogP contribution in [0.3, 0.4) is 0 Å². The average molecular weight is 240 g/mol. The van der Waals surface area contributed by atoms with Crippen molar-refractivity contribution in [1.82, 2.24) is 14.9 Å². The van der Waals surface area contributed by atoms with Crippen LogP contribution in [0.4, 0.5) is 0 Å². The van der Waals surface area contributed by atoms with Gasteiger partial charge in [0.05, 0.1) is 0 Å². The summed E-state index contributed by atoms with van der Waals surface area (Å²) in [6, 6.07) is 0. The van der Waals surface area contributed by atoms with Gasteiger partial charge in [0, 0.05) is 11.8 Å². The third kappa shape index (κ3) is 2.86. The van der Waals surface area contributed by atoms with Crippen LogP contribution in [0.1, 0.15) is 19.5 Å². The molecule has 0 bridgehead atoms. The molecule has 0 unspecified atom stereocenters. The van der Waals surface area contributed by atoms with Gasteiger partial charge in [0.2, 0.25) is 4.77 Å². The number of carbonyl (C=O) groups is 1. The van der Waals surface area contributed by atoms with Gasteiger partial charge in [0.1, 0.15) is 5.69 Å². The SMILES string of the molecule is CC(=O)/C=C(\C)Nn1c(=S)[nH]nc(C)c1=O. The van der Waals surface area contributed by atoms with E-state index in [9.17, 15) is 9.59 Å². The zero-order chi connectivity index (χ0) is 12.3. The van der Waals surface area contributed by atoms with E-state index in [1.54, 1.807) is 13.8 Å². The second kappa shape index (κ2) is 4.84. The van der Waals surface area contributed by atoms with Crippen molar-refractivity contribution in [3.8, 4) is 0 Å². The van der Waals surface area contributed by atoms with Crippen molar-refractivity contribution >= 4 is 18.0 Å². The topological polar surface area (TPSA) is 79.8 Å². The minimum atomic E-state index is -0.347. The number of aromatic nitrogens is 3. The van der Waals surface area contributed by atoms with Crippen LogP contribution in [-0.4, -0.2) is 20.7 Å². The molecule has 0 spiro atoms. The van der Waals surface area contributed by atoms with Crippen LogP contribution in [0.5, 0.6) is 0 Å². The van der Waals surface area contributed by atoms with Gasteiger partial charge in [-0.15, -0.1) is 0 Å². The van der Waals surface area contributed by atoms with E-state index in [0.717, 1.165) is 4.68 Å². The van der Waals surface area contributed by atoms with E-state index in [4.69, 9.17) is 12.2 Å². The van der Waals surface area contributed by atoms with Crippen molar-refractivity contribution in [3.63, 3.8) is 0 Å². The van der Waals surface area contributed by atoms with Crippen LogP contribution < -0.4 is 11.0 Å². The van der Waals surface area contributed by atoms with Gasteiger partial charge in [0.25, 0.3) is 5.56 Å². The molecule has 0 radical (unpaired) electrons. The summed E-state index contributed by atoms with van der Waals surface area (Å²) in [5.41, 5.74) is 3.19. The molecular weight excluding hydrogens is 228 g/mol. The van der Waals surface area contributed by atoms with Crippen LogP contribution in [-0.2, 0) is 4.79 Å². The monoisotopic (exact) mass is 240 g/mol. The van der Waals surface area contributed by atoms with Crippen molar-refractivity contribution in [2.24, 2.45) is 0 Å². The molecule has 0 saturated heterocycles. The zero-order valence-corrected chi connectivity index (χ0v) is 10.0. The predicted molar refractivity (Wildman–Crippen MR) is 62.2 cm³/mol. The first-order valence-corrected chi connectivity index (χ1v) is 4.97. The van der Waals surface area contributed by atoms with Gasteiger partial charge in [-0.25, -0.2) is 0 Å². The highest BCUT2D eigenvalue weighted by Crippen LogP contribution is 1.91. The minimum absolute atomic E-state index is 0.112. The molecule has 1 aromatic rings. The molecule has 0 aliphatic heterocycles. The minimum Gasteiger partial charge on any atom is -0.295 e.